The number of halogens is 1. The molecule has 2 N–H and O–H groups in total. The molecular formula is C11H13FN2. The maximum atomic E-state index is 13.0. The first-order valence-corrected chi connectivity index (χ1v) is 4.83. The van der Waals surface area contributed by atoms with E-state index in [-0.39, 0.29) is 5.82 Å². The SMILES string of the molecule is NCCCC1=c2cc(F)ccc2=NC1. The summed E-state index contributed by atoms with van der Waals surface area (Å²) in [4.78, 5) is 4.33. The van der Waals surface area contributed by atoms with E-state index < -0.39 is 0 Å². The molecule has 3 heteroatoms. The normalized spacial score (nSPS) is 14.0. The summed E-state index contributed by atoms with van der Waals surface area (Å²) in [6.45, 7) is 1.38. The summed E-state index contributed by atoms with van der Waals surface area (Å²) < 4.78 is 13.0. The van der Waals surface area contributed by atoms with Gasteiger partial charge in [0.2, 0.25) is 0 Å². The van der Waals surface area contributed by atoms with E-state index in [0.29, 0.717) is 13.1 Å². The Morgan fingerprint density at radius 2 is 2.29 bits per heavy atom. The molecule has 1 aromatic carbocycles. The zero-order valence-corrected chi connectivity index (χ0v) is 7.96. The van der Waals surface area contributed by atoms with Crippen molar-refractivity contribution < 1.29 is 4.39 Å². The molecule has 0 fully saturated rings. The molecule has 0 radical (unpaired) electrons. The minimum atomic E-state index is -0.189. The lowest BCUT2D eigenvalue weighted by molar-refractivity contribution is 0.626. The molecule has 0 bridgehead atoms. The number of fused-ring (bicyclic) bond motifs is 1. The van der Waals surface area contributed by atoms with E-state index in [1.54, 1.807) is 12.1 Å². The van der Waals surface area contributed by atoms with Crippen molar-refractivity contribution in [3.05, 3.63) is 34.6 Å². The molecule has 0 atom stereocenters. The highest BCUT2D eigenvalue weighted by Gasteiger charge is 2.06. The number of hydrogen-bond acceptors (Lipinski definition) is 2. The molecule has 0 saturated carbocycles. The fourth-order valence-electron chi connectivity index (χ4n) is 1.72. The minimum absolute atomic E-state index is 0.189. The van der Waals surface area contributed by atoms with Crippen LogP contribution in [0.1, 0.15) is 12.8 Å². The van der Waals surface area contributed by atoms with Crippen molar-refractivity contribution >= 4 is 5.57 Å². The van der Waals surface area contributed by atoms with Gasteiger partial charge in [-0.3, -0.25) is 4.99 Å². The average molecular weight is 192 g/mol. The number of nitrogens with zero attached hydrogens (tertiary/aromatic N) is 1. The van der Waals surface area contributed by atoms with Crippen LogP contribution in [-0.2, 0) is 0 Å². The molecule has 74 valence electrons. The lowest BCUT2D eigenvalue weighted by atomic mass is 10.1. The maximum absolute atomic E-state index is 13.0. The Labute approximate surface area is 82.0 Å². The third-order valence-corrected chi connectivity index (χ3v) is 2.46. The van der Waals surface area contributed by atoms with Crippen molar-refractivity contribution in [2.75, 3.05) is 13.1 Å². The van der Waals surface area contributed by atoms with E-state index in [1.165, 1.54) is 11.6 Å². The van der Waals surface area contributed by atoms with Crippen molar-refractivity contribution in [1.29, 1.82) is 0 Å². The van der Waals surface area contributed by atoms with Crippen LogP contribution in [0, 0.1) is 5.82 Å². The topological polar surface area (TPSA) is 38.4 Å². The van der Waals surface area contributed by atoms with Crippen molar-refractivity contribution in [3.63, 3.8) is 0 Å². The molecule has 0 aliphatic carbocycles. The van der Waals surface area contributed by atoms with E-state index in [9.17, 15) is 4.39 Å². The largest absolute Gasteiger partial charge is 0.330 e. The third-order valence-electron chi connectivity index (χ3n) is 2.46. The monoisotopic (exact) mass is 192 g/mol. The van der Waals surface area contributed by atoms with Gasteiger partial charge in [0.05, 0.1) is 11.9 Å². The lowest BCUT2D eigenvalue weighted by Gasteiger charge is -1.98. The summed E-state index contributed by atoms with van der Waals surface area (Å²) in [6, 6.07) is 4.76. The van der Waals surface area contributed by atoms with Gasteiger partial charge in [0, 0.05) is 5.22 Å². The smallest absolute Gasteiger partial charge is 0.123 e. The number of hydrogen-bond donors (Lipinski definition) is 1. The Morgan fingerprint density at radius 3 is 3.07 bits per heavy atom. The predicted molar refractivity (Wildman–Crippen MR) is 53.7 cm³/mol. The summed E-state index contributed by atoms with van der Waals surface area (Å²) in [5, 5.41) is 1.89. The van der Waals surface area contributed by atoms with Gasteiger partial charge < -0.3 is 5.73 Å². The van der Waals surface area contributed by atoms with Crippen LogP contribution in [0.3, 0.4) is 0 Å². The standard InChI is InChI=1S/C11H13FN2/c12-9-3-4-11-10(6-9)8(7-14-11)2-1-5-13/h3-4,6H,1-2,5,7,13H2. The fourth-order valence-corrected chi connectivity index (χ4v) is 1.72. The van der Waals surface area contributed by atoms with E-state index in [4.69, 9.17) is 5.73 Å². The van der Waals surface area contributed by atoms with Crippen LogP contribution in [0.4, 0.5) is 4.39 Å². The molecule has 0 amide bonds. The Hall–Kier alpha value is -1.22. The van der Waals surface area contributed by atoms with Crippen LogP contribution in [0.25, 0.3) is 5.57 Å². The Kier molecular flexibility index (Phi) is 2.59. The van der Waals surface area contributed by atoms with E-state index in [0.717, 1.165) is 23.4 Å². The fraction of sp³-hybridized carbons (Fsp3) is 0.364. The van der Waals surface area contributed by atoms with Gasteiger partial charge in [0.15, 0.2) is 0 Å². The van der Waals surface area contributed by atoms with Crippen LogP contribution in [-0.4, -0.2) is 13.1 Å². The first kappa shape index (κ1) is 9.34. The molecule has 1 heterocycles. The second-order valence-electron chi connectivity index (χ2n) is 3.47. The number of rotatable bonds is 3. The van der Waals surface area contributed by atoms with E-state index >= 15 is 0 Å². The number of benzene rings is 1. The molecule has 1 aromatic rings. The highest BCUT2D eigenvalue weighted by molar-refractivity contribution is 5.48. The third kappa shape index (κ3) is 1.68. The second kappa shape index (κ2) is 3.88. The van der Waals surface area contributed by atoms with Crippen molar-refractivity contribution in [3.8, 4) is 0 Å². The molecule has 0 saturated heterocycles. The Morgan fingerprint density at radius 1 is 1.43 bits per heavy atom. The zero-order chi connectivity index (χ0) is 9.97. The van der Waals surface area contributed by atoms with Crippen LogP contribution in [0.2, 0.25) is 0 Å². The summed E-state index contributed by atoms with van der Waals surface area (Å²) >= 11 is 0. The van der Waals surface area contributed by atoms with E-state index in [1.807, 2.05) is 0 Å². The molecule has 0 spiro atoms. The first-order valence-electron chi connectivity index (χ1n) is 4.83. The maximum Gasteiger partial charge on any atom is 0.123 e. The van der Waals surface area contributed by atoms with E-state index in [2.05, 4.69) is 4.99 Å². The van der Waals surface area contributed by atoms with Gasteiger partial charge in [-0.2, -0.15) is 0 Å². The van der Waals surface area contributed by atoms with Gasteiger partial charge in [-0.25, -0.2) is 4.39 Å². The summed E-state index contributed by atoms with van der Waals surface area (Å²) in [5.41, 5.74) is 6.65. The molecule has 0 aromatic heterocycles. The molecule has 2 nitrogen and oxygen atoms in total. The Bertz CT molecular complexity index is 451. The lowest BCUT2D eigenvalue weighted by Crippen LogP contribution is -2.23. The van der Waals surface area contributed by atoms with Gasteiger partial charge >= 0.3 is 0 Å². The molecule has 1 aliphatic heterocycles. The highest BCUT2D eigenvalue weighted by atomic mass is 19.1. The summed E-state index contributed by atoms with van der Waals surface area (Å²) in [5.74, 6) is -0.189. The predicted octanol–water partition coefficient (Wildman–Crippen LogP) is 0.349. The first-order chi connectivity index (χ1) is 6.81. The van der Waals surface area contributed by atoms with Crippen molar-refractivity contribution in [2.45, 2.75) is 12.8 Å². The molecule has 2 rings (SSSR count). The van der Waals surface area contributed by atoms with Crippen LogP contribution < -0.4 is 16.3 Å². The van der Waals surface area contributed by atoms with Gasteiger partial charge in [-0.15, -0.1) is 0 Å². The van der Waals surface area contributed by atoms with Gasteiger partial charge in [-0.1, -0.05) is 0 Å². The quantitative estimate of drug-likeness (QED) is 0.737. The number of nitrogens with two attached hydrogens (primary N) is 1. The molecular weight excluding hydrogens is 179 g/mol. The zero-order valence-electron chi connectivity index (χ0n) is 7.96. The van der Waals surface area contributed by atoms with Gasteiger partial charge in [0.1, 0.15) is 5.82 Å². The highest BCUT2D eigenvalue weighted by Crippen LogP contribution is 2.06. The van der Waals surface area contributed by atoms with Gasteiger partial charge in [-0.05, 0) is 43.2 Å². The molecule has 1 aliphatic rings. The summed E-state index contributed by atoms with van der Waals surface area (Å²) in [7, 11) is 0. The van der Waals surface area contributed by atoms with Crippen LogP contribution >= 0.6 is 0 Å². The van der Waals surface area contributed by atoms with Crippen molar-refractivity contribution in [1.82, 2.24) is 0 Å². The second-order valence-corrected chi connectivity index (χ2v) is 3.47. The van der Waals surface area contributed by atoms with Crippen LogP contribution in [0.15, 0.2) is 23.2 Å². The summed E-state index contributed by atoms with van der Waals surface area (Å²) in [6.07, 6.45) is 1.87. The molecule has 14 heavy (non-hydrogen) atoms. The van der Waals surface area contributed by atoms with Crippen molar-refractivity contribution in [2.24, 2.45) is 10.7 Å². The Balaban J connectivity index is 2.43. The average Bonchev–Trinajstić information content (AvgIpc) is 2.57. The molecule has 0 unspecified atom stereocenters. The minimum Gasteiger partial charge on any atom is -0.330 e. The van der Waals surface area contributed by atoms with Gasteiger partial charge in [0.25, 0.3) is 0 Å². The van der Waals surface area contributed by atoms with Crippen LogP contribution in [0.5, 0.6) is 0 Å².